The number of thioether (sulfide) groups is 1. The van der Waals surface area contributed by atoms with E-state index in [1.165, 1.54) is 29.2 Å². The zero-order chi connectivity index (χ0) is 19.2. The van der Waals surface area contributed by atoms with Crippen molar-refractivity contribution in [1.29, 1.82) is 0 Å². The van der Waals surface area contributed by atoms with Gasteiger partial charge in [0.2, 0.25) is 5.91 Å². The highest BCUT2D eigenvalue weighted by Crippen LogP contribution is 2.35. The Balaban J connectivity index is 1.89. The molecule has 9 heteroatoms. The smallest absolute Gasteiger partial charge is 0.283 e. The molecule has 2 heterocycles. The van der Waals surface area contributed by atoms with Gasteiger partial charge in [-0.3, -0.25) is 14.9 Å². The van der Waals surface area contributed by atoms with E-state index < -0.39 is 5.92 Å². The van der Waals surface area contributed by atoms with Gasteiger partial charge in [0.25, 0.3) is 5.69 Å². The third-order valence-electron chi connectivity index (χ3n) is 4.69. The first-order valence-corrected chi connectivity index (χ1v) is 10.8. The predicted molar refractivity (Wildman–Crippen MR) is 107 cm³/mol. The third kappa shape index (κ3) is 5.06. The molecule has 1 aromatic heterocycles. The number of benzene rings is 1. The highest BCUT2D eigenvalue weighted by molar-refractivity contribution is 7.98. The van der Waals surface area contributed by atoms with Gasteiger partial charge in [0.15, 0.2) is 5.13 Å². The van der Waals surface area contributed by atoms with Gasteiger partial charge >= 0.3 is 0 Å². The highest BCUT2D eigenvalue weighted by atomic mass is 32.2. The molecule has 1 aliphatic heterocycles. The number of thiazole rings is 1. The van der Waals surface area contributed by atoms with Crippen molar-refractivity contribution in [2.45, 2.75) is 30.1 Å². The summed E-state index contributed by atoms with van der Waals surface area (Å²) in [5, 5.41) is 16.6. The summed E-state index contributed by atoms with van der Waals surface area (Å²) in [7, 11) is 0. The fraction of sp³-hybridized carbons (Fsp3) is 0.444. The zero-order valence-electron chi connectivity index (χ0n) is 14.9. The zero-order valence-corrected chi connectivity index (χ0v) is 16.6. The van der Waals surface area contributed by atoms with Crippen molar-refractivity contribution < 1.29 is 14.5 Å². The van der Waals surface area contributed by atoms with Crippen LogP contribution in [-0.2, 0) is 9.53 Å². The van der Waals surface area contributed by atoms with Crippen LogP contribution in [0.4, 0.5) is 10.8 Å². The number of anilines is 1. The summed E-state index contributed by atoms with van der Waals surface area (Å²) in [4.78, 5) is 28.7. The normalized spacial score (nSPS) is 16.0. The molecule has 2 aromatic rings. The molecule has 1 fully saturated rings. The topological polar surface area (TPSA) is 94.4 Å². The first-order chi connectivity index (χ1) is 13.1. The van der Waals surface area contributed by atoms with E-state index in [9.17, 15) is 14.9 Å². The summed E-state index contributed by atoms with van der Waals surface area (Å²) < 4.78 is 5.41. The highest BCUT2D eigenvalue weighted by Gasteiger charge is 2.28. The average molecular weight is 408 g/mol. The van der Waals surface area contributed by atoms with Gasteiger partial charge < -0.3 is 10.1 Å². The van der Waals surface area contributed by atoms with Gasteiger partial charge in [-0.2, -0.15) is 0 Å². The van der Waals surface area contributed by atoms with E-state index in [1.54, 1.807) is 23.9 Å². The Morgan fingerprint density at radius 2 is 2.26 bits per heavy atom. The summed E-state index contributed by atoms with van der Waals surface area (Å²) in [5.41, 5.74) is 0.707. The Morgan fingerprint density at radius 3 is 2.89 bits per heavy atom. The first kappa shape index (κ1) is 19.8. The Labute approximate surface area is 165 Å². The van der Waals surface area contributed by atoms with Crippen molar-refractivity contribution in [3.05, 3.63) is 45.5 Å². The van der Waals surface area contributed by atoms with Crippen LogP contribution in [0.3, 0.4) is 0 Å². The number of nitrogens with zero attached hydrogens (tertiary/aromatic N) is 2. The quantitative estimate of drug-likeness (QED) is 0.417. The number of carbonyl (C=O) groups is 1. The Hall–Kier alpha value is -1.97. The van der Waals surface area contributed by atoms with Crippen LogP contribution in [0.15, 0.2) is 34.7 Å². The van der Waals surface area contributed by atoms with E-state index in [-0.39, 0.29) is 16.5 Å². The molecule has 1 unspecified atom stereocenters. The number of nitro groups is 1. The molecule has 1 atom stereocenters. The van der Waals surface area contributed by atoms with Crippen LogP contribution in [-0.4, -0.2) is 35.3 Å². The molecule has 7 nitrogen and oxygen atoms in total. The molecule has 3 rings (SSSR count). The summed E-state index contributed by atoms with van der Waals surface area (Å²) in [6.07, 6.45) is 5.86. The maximum Gasteiger partial charge on any atom is 0.283 e. The lowest BCUT2D eigenvalue weighted by Crippen LogP contribution is -2.26. The summed E-state index contributed by atoms with van der Waals surface area (Å²) >= 11 is 2.67. The summed E-state index contributed by atoms with van der Waals surface area (Å²) in [5.74, 6) is -0.292. The van der Waals surface area contributed by atoms with Crippen LogP contribution in [0.1, 0.15) is 30.7 Å². The fourth-order valence-corrected chi connectivity index (χ4v) is 4.33. The van der Waals surface area contributed by atoms with Crippen molar-refractivity contribution in [3.63, 3.8) is 0 Å². The van der Waals surface area contributed by atoms with Crippen molar-refractivity contribution in [1.82, 2.24) is 4.98 Å². The van der Waals surface area contributed by atoms with Gasteiger partial charge in [-0.15, -0.1) is 23.1 Å². The number of nitro benzene ring substituents is 1. The second-order valence-corrected chi connectivity index (χ2v) is 8.10. The van der Waals surface area contributed by atoms with Crippen LogP contribution in [0.2, 0.25) is 0 Å². The predicted octanol–water partition coefficient (Wildman–Crippen LogP) is 4.31. The van der Waals surface area contributed by atoms with E-state index in [0.29, 0.717) is 41.1 Å². The number of ether oxygens (including phenoxy) is 1. The molecule has 144 valence electrons. The van der Waals surface area contributed by atoms with E-state index in [2.05, 4.69) is 10.3 Å². The molecule has 27 heavy (non-hydrogen) atoms. The van der Waals surface area contributed by atoms with Crippen LogP contribution >= 0.6 is 23.1 Å². The molecule has 0 spiro atoms. The maximum atomic E-state index is 13.0. The summed E-state index contributed by atoms with van der Waals surface area (Å²) in [6.45, 7) is 1.38. The molecule has 0 radical (unpaired) electrons. The van der Waals surface area contributed by atoms with Crippen molar-refractivity contribution in [2.75, 3.05) is 24.8 Å². The number of hydrogen-bond donors (Lipinski definition) is 1. The first-order valence-electron chi connectivity index (χ1n) is 8.69. The number of nitrogens with one attached hydrogen (secondary N) is 1. The molecule has 0 saturated carbocycles. The lowest BCUT2D eigenvalue weighted by Gasteiger charge is -2.26. The second-order valence-electron chi connectivity index (χ2n) is 6.36. The Bertz CT molecular complexity index is 792. The van der Waals surface area contributed by atoms with E-state index in [0.717, 1.165) is 12.8 Å². The minimum Gasteiger partial charge on any atom is -0.381 e. The number of hydrogen-bond acceptors (Lipinski definition) is 7. The minimum atomic E-state index is -0.466. The molecular formula is C18H21N3O4S2. The van der Waals surface area contributed by atoms with Gasteiger partial charge in [0.05, 0.1) is 15.7 Å². The molecule has 1 aliphatic rings. The van der Waals surface area contributed by atoms with Crippen molar-refractivity contribution in [2.24, 2.45) is 5.92 Å². The molecule has 1 aromatic carbocycles. The van der Waals surface area contributed by atoms with Crippen LogP contribution in [0.5, 0.6) is 0 Å². The van der Waals surface area contributed by atoms with Crippen molar-refractivity contribution in [3.8, 4) is 0 Å². The van der Waals surface area contributed by atoms with Crippen LogP contribution in [0.25, 0.3) is 0 Å². The second kappa shape index (κ2) is 9.29. The Morgan fingerprint density at radius 1 is 1.48 bits per heavy atom. The van der Waals surface area contributed by atoms with E-state index in [1.807, 2.05) is 6.07 Å². The van der Waals surface area contributed by atoms with Crippen LogP contribution in [0, 0.1) is 16.0 Å². The third-order valence-corrected chi connectivity index (χ3v) is 6.16. The molecule has 0 aliphatic carbocycles. The standard InChI is InChI=1S/C18H21N3O4S2/c1-26-16-3-2-13(11-15(16)21(23)24)14(10-12-4-7-25-8-5-12)17(22)20-18-19-6-9-27-18/h2-3,6,9,11-12,14H,4-5,7-8,10H2,1H3,(H,19,20,22). The SMILES string of the molecule is CSc1ccc(C(CC2CCOCC2)C(=O)Nc2nccs2)cc1[N+](=O)[O-]. The monoisotopic (exact) mass is 407 g/mol. The minimum absolute atomic E-state index is 0.0408. The van der Waals surface area contributed by atoms with Gasteiger partial charge in [0, 0.05) is 30.9 Å². The number of aromatic nitrogens is 1. The maximum absolute atomic E-state index is 13.0. The average Bonchev–Trinajstić information content (AvgIpc) is 3.19. The molecule has 0 bridgehead atoms. The lowest BCUT2D eigenvalue weighted by atomic mass is 9.84. The number of carbonyl (C=O) groups excluding carboxylic acids is 1. The largest absolute Gasteiger partial charge is 0.381 e. The fourth-order valence-electron chi connectivity index (χ4n) is 3.25. The number of rotatable bonds is 7. The molecule has 1 saturated heterocycles. The Kier molecular flexibility index (Phi) is 6.81. The van der Waals surface area contributed by atoms with Gasteiger partial charge in [-0.05, 0) is 43.1 Å². The van der Waals surface area contributed by atoms with Gasteiger partial charge in [0.1, 0.15) is 0 Å². The van der Waals surface area contributed by atoms with E-state index >= 15 is 0 Å². The van der Waals surface area contributed by atoms with Crippen molar-refractivity contribution >= 4 is 39.8 Å². The molecule has 1 amide bonds. The number of amides is 1. The lowest BCUT2D eigenvalue weighted by molar-refractivity contribution is -0.387. The van der Waals surface area contributed by atoms with Gasteiger partial charge in [-0.25, -0.2) is 4.98 Å². The van der Waals surface area contributed by atoms with E-state index in [4.69, 9.17) is 4.74 Å². The van der Waals surface area contributed by atoms with Crippen LogP contribution < -0.4 is 5.32 Å². The van der Waals surface area contributed by atoms with Gasteiger partial charge in [-0.1, -0.05) is 6.07 Å². The molecular weight excluding hydrogens is 386 g/mol. The molecule has 1 N–H and O–H groups in total. The summed E-state index contributed by atoms with van der Waals surface area (Å²) in [6, 6.07) is 5.09.